The summed E-state index contributed by atoms with van der Waals surface area (Å²) in [6.45, 7) is 3.87. The van der Waals surface area contributed by atoms with Crippen molar-refractivity contribution in [3.8, 4) is 46.0 Å². The Labute approximate surface area is 475 Å². The van der Waals surface area contributed by atoms with Gasteiger partial charge in [-0.05, 0) is 263 Å². The molecule has 0 heterocycles. The molecule has 0 fully saturated rings. The number of aliphatic imine (C=N–C) groups is 2. The number of methoxy groups -OCH3 is 2. The molecule has 0 aliphatic carbocycles. The van der Waals surface area contributed by atoms with E-state index in [0.717, 1.165) is 149 Å². The number of azo groups is 2. The SMILES string of the molecule is COc1ccc(N=Nc2ccc(OCCCCCOc3ccc(C=Nc4ccc(OCCCCCOc5ccc(N=Cc6ccc(OCCCCCOc7ccc(N=Nc8ccc(OC)cc8)cc7)cc6)cc5)cc4)cc3)cc2)cc1. The lowest BCUT2D eigenvalue weighted by Gasteiger charge is -2.08. The van der Waals surface area contributed by atoms with Crippen molar-refractivity contribution in [2.45, 2.75) is 57.8 Å². The minimum atomic E-state index is 0.643. The van der Waals surface area contributed by atoms with E-state index >= 15 is 0 Å². The first-order valence-corrected chi connectivity index (χ1v) is 27.6. The number of benzene rings is 8. The Kier molecular flexibility index (Phi) is 23.7. The Morgan fingerprint density at radius 3 is 0.654 bits per heavy atom. The highest BCUT2D eigenvalue weighted by Crippen LogP contribution is 2.27. The van der Waals surface area contributed by atoms with Gasteiger partial charge in [-0.25, -0.2) is 0 Å². The van der Waals surface area contributed by atoms with Gasteiger partial charge in [0.25, 0.3) is 0 Å². The zero-order chi connectivity index (χ0) is 55.8. The normalized spacial score (nSPS) is 11.4. The zero-order valence-corrected chi connectivity index (χ0v) is 46.2. The number of unbranched alkanes of at least 4 members (excludes halogenated alkanes) is 6. The monoisotopic (exact) mass is 1090 g/mol. The fourth-order valence-corrected chi connectivity index (χ4v) is 7.88. The molecule has 0 radical (unpaired) electrons. The van der Waals surface area contributed by atoms with Gasteiger partial charge in [0, 0.05) is 12.4 Å². The van der Waals surface area contributed by atoms with Crippen LogP contribution in [0.1, 0.15) is 68.9 Å². The number of hydrogen-bond donors (Lipinski definition) is 0. The van der Waals surface area contributed by atoms with Crippen molar-refractivity contribution in [1.82, 2.24) is 0 Å². The van der Waals surface area contributed by atoms with Crippen LogP contribution in [0, 0.1) is 0 Å². The number of ether oxygens (including phenoxy) is 8. The van der Waals surface area contributed by atoms with E-state index in [0.29, 0.717) is 39.6 Å². The van der Waals surface area contributed by atoms with Gasteiger partial charge in [-0.1, -0.05) is 0 Å². The summed E-state index contributed by atoms with van der Waals surface area (Å²) >= 11 is 0. The van der Waals surface area contributed by atoms with Crippen molar-refractivity contribution in [3.05, 3.63) is 205 Å². The third kappa shape index (κ3) is 21.5. The molecule has 81 heavy (non-hydrogen) atoms. The topological polar surface area (TPSA) is 148 Å². The highest BCUT2D eigenvalue weighted by atomic mass is 16.5. The Balaban J connectivity index is 0.602. The van der Waals surface area contributed by atoms with E-state index < -0.39 is 0 Å². The van der Waals surface area contributed by atoms with Crippen LogP contribution in [-0.2, 0) is 0 Å². The standard InChI is InChI=1S/C67H70N6O8/c1-74-60-32-20-56(21-33-60)70-72-58-24-40-66(41-25-58)80-48-10-3-6-44-76-62-28-12-52(13-29-62)50-68-54-16-36-64(37-17-54)78-46-8-5-9-47-79-65-38-18-55(19-39-65)69-51-53-14-30-63(31-15-53)77-45-7-4-11-49-81-67-42-26-59(27-43-67)73-71-57-22-34-61(75-2)35-23-57/h12-43,50-51H,3-11,44-49H2,1-2H3. The van der Waals surface area contributed by atoms with Crippen molar-refractivity contribution in [2.75, 3.05) is 53.9 Å². The van der Waals surface area contributed by atoms with Crippen LogP contribution in [-0.4, -0.2) is 66.3 Å². The lowest BCUT2D eigenvalue weighted by molar-refractivity contribution is 0.279. The number of nitrogens with zero attached hydrogens (tertiary/aromatic N) is 6. The first kappa shape index (κ1) is 57.9. The second kappa shape index (κ2) is 33.2. The van der Waals surface area contributed by atoms with E-state index in [4.69, 9.17) is 37.9 Å². The van der Waals surface area contributed by atoms with E-state index in [-0.39, 0.29) is 0 Å². The molecule has 0 saturated heterocycles. The largest absolute Gasteiger partial charge is 0.497 e. The Bertz CT molecular complexity index is 2940. The maximum atomic E-state index is 5.99. The predicted octanol–water partition coefficient (Wildman–Crippen LogP) is 17.9. The predicted molar refractivity (Wildman–Crippen MR) is 322 cm³/mol. The molecule has 0 aliphatic heterocycles. The third-order valence-corrected chi connectivity index (χ3v) is 12.5. The van der Waals surface area contributed by atoms with E-state index in [2.05, 4.69) is 30.4 Å². The quantitative estimate of drug-likeness (QED) is 0.0220. The smallest absolute Gasteiger partial charge is 0.119 e. The highest BCUT2D eigenvalue weighted by Gasteiger charge is 2.03. The molecule has 14 heteroatoms. The van der Waals surface area contributed by atoms with Crippen molar-refractivity contribution in [3.63, 3.8) is 0 Å². The van der Waals surface area contributed by atoms with Crippen LogP contribution in [0.15, 0.2) is 225 Å². The first-order valence-electron chi connectivity index (χ1n) is 27.6. The zero-order valence-electron chi connectivity index (χ0n) is 46.2. The molecule has 0 N–H and O–H groups in total. The van der Waals surface area contributed by atoms with E-state index in [1.54, 1.807) is 14.2 Å². The van der Waals surface area contributed by atoms with Crippen molar-refractivity contribution >= 4 is 46.6 Å². The molecule has 0 spiro atoms. The maximum absolute atomic E-state index is 5.99. The Morgan fingerprint density at radius 1 is 0.235 bits per heavy atom. The summed E-state index contributed by atoms with van der Waals surface area (Å²) in [4.78, 5) is 9.28. The van der Waals surface area contributed by atoms with Gasteiger partial charge >= 0.3 is 0 Å². The second-order valence-electron chi connectivity index (χ2n) is 18.7. The fourth-order valence-electron chi connectivity index (χ4n) is 7.88. The van der Waals surface area contributed by atoms with Gasteiger partial charge in [0.15, 0.2) is 0 Å². The molecule has 8 aromatic carbocycles. The average Bonchev–Trinajstić information content (AvgIpc) is 3.52. The van der Waals surface area contributed by atoms with Gasteiger partial charge in [-0.3, -0.25) is 9.98 Å². The maximum Gasteiger partial charge on any atom is 0.119 e. The van der Waals surface area contributed by atoms with Crippen LogP contribution in [0.4, 0.5) is 34.1 Å². The lowest BCUT2D eigenvalue weighted by Crippen LogP contribution is -2.01. The summed E-state index contributed by atoms with van der Waals surface area (Å²) in [6.07, 6.45) is 12.4. The van der Waals surface area contributed by atoms with E-state index in [1.165, 1.54) is 0 Å². The molecule has 416 valence electrons. The summed E-state index contributed by atoms with van der Waals surface area (Å²) < 4.78 is 46.1. The van der Waals surface area contributed by atoms with Gasteiger partial charge in [0.05, 0.1) is 88.0 Å². The molecule has 14 nitrogen and oxygen atoms in total. The van der Waals surface area contributed by atoms with Gasteiger partial charge in [0.2, 0.25) is 0 Å². The summed E-state index contributed by atoms with van der Waals surface area (Å²) in [5.41, 5.74) is 6.77. The highest BCUT2D eigenvalue weighted by molar-refractivity contribution is 5.82. The van der Waals surface area contributed by atoms with Crippen LogP contribution in [0.25, 0.3) is 0 Å². The van der Waals surface area contributed by atoms with Crippen LogP contribution in [0.5, 0.6) is 46.0 Å². The van der Waals surface area contributed by atoms with Gasteiger partial charge < -0.3 is 37.9 Å². The first-order chi connectivity index (χ1) is 40.0. The molecule has 8 aromatic rings. The van der Waals surface area contributed by atoms with E-state index in [1.807, 2.05) is 207 Å². The van der Waals surface area contributed by atoms with Crippen LogP contribution in [0.3, 0.4) is 0 Å². The van der Waals surface area contributed by atoms with Crippen molar-refractivity contribution in [1.29, 1.82) is 0 Å². The minimum Gasteiger partial charge on any atom is -0.497 e. The molecule has 0 unspecified atom stereocenters. The number of hydrogen-bond acceptors (Lipinski definition) is 14. The third-order valence-electron chi connectivity index (χ3n) is 12.5. The number of rotatable bonds is 34. The molecule has 0 bridgehead atoms. The Morgan fingerprint density at radius 2 is 0.432 bits per heavy atom. The van der Waals surface area contributed by atoms with E-state index in [9.17, 15) is 0 Å². The molecule has 8 rings (SSSR count). The minimum absolute atomic E-state index is 0.643. The van der Waals surface area contributed by atoms with Crippen LogP contribution in [0.2, 0.25) is 0 Å². The molecule has 0 aliphatic rings. The molecular weight excluding hydrogens is 1020 g/mol. The Hall–Kier alpha value is -9.30. The van der Waals surface area contributed by atoms with Crippen molar-refractivity contribution in [2.24, 2.45) is 30.4 Å². The molecule has 0 atom stereocenters. The second-order valence-corrected chi connectivity index (χ2v) is 18.7. The van der Waals surface area contributed by atoms with Crippen LogP contribution >= 0.6 is 0 Å². The van der Waals surface area contributed by atoms with Gasteiger partial charge in [-0.15, -0.1) is 0 Å². The van der Waals surface area contributed by atoms with Gasteiger partial charge in [0.1, 0.15) is 46.0 Å². The summed E-state index contributed by atoms with van der Waals surface area (Å²) in [7, 11) is 3.28. The fraction of sp³-hybridized carbons (Fsp3) is 0.254. The molecular formula is C67H70N6O8. The average molecular weight is 1090 g/mol. The summed E-state index contributed by atoms with van der Waals surface area (Å²) in [5.74, 6) is 6.55. The van der Waals surface area contributed by atoms with Crippen LogP contribution < -0.4 is 37.9 Å². The summed E-state index contributed by atoms with van der Waals surface area (Å²) in [6, 6.07) is 61.8. The molecule has 0 aromatic heterocycles. The molecule has 0 saturated carbocycles. The lowest BCUT2D eigenvalue weighted by atomic mass is 10.2. The summed E-state index contributed by atoms with van der Waals surface area (Å²) in [5, 5.41) is 17.1. The van der Waals surface area contributed by atoms with Crippen molar-refractivity contribution < 1.29 is 37.9 Å². The van der Waals surface area contributed by atoms with Gasteiger partial charge in [-0.2, -0.15) is 20.5 Å². The molecule has 0 amide bonds.